The summed E-state index contributed by atoms with van der Waals surface area (Å²) < 4.78 is 37.4. The van der Waals surface area contributed by atoms with E-state index in [1.807, 2.05) is 36.4 Å². The highest BCUT2D eigenvalue weighted by Gasteiger charge is 2.21. The number of ether oxygens (including phenoxy) is 2. The first-order valence-electron chi connectivity index (χ1n) is 8.40. The van der Waals surface area contributed by atoms with Gasteiger partial charge in [0.25, 0.3) is 0 Å². The van der Waals surface area contributed by atoms with E-state index in [1.165, 1.54) is 6.08 Å². The lowest BCUT2D eigenvalue weighted by atomic mass is 10.2. The highest BCUT2D eigenvalue weighted by Crippen LogP contribution is 2.30. The average Bonchev–Trinajstić information content (AvgIpc) is 2.70. The molecule has 1 aliphatic rings. The molecule has 142 valence electrons. The summed E-state index contributed by atoms with van der Waals surface area (Å²) in [5, 5.41) is 3.67. The van der Waals surface area contributed by atoms with Crippen LogP contribution in [0.2, 0.25) is 0 Å². The summed E-state index contributed by atoms with van der Waals surface area (Å²) in [5.41, 5.74) is 0.752. The van der Waals surface area contributed by atoms with Crippen LogP contribution in [0.1, 0.15) is 5.56 Å². The van der Waals surface area contributed by atoms with Crippen LogP contribution in [-0.2, 0) is 14.8 Å². The number of fused-ring (bicyclic) bond motifs is 1. The van der Waals surface area contributed by atoms with Crippen molar-refractivity contribution in [1.82, 2.24) is 10.0 Å². The molecule has 0 spiro atoms. The minimum absolute atomic E-state index is 0.217. The highest BCUT2D eigenvalue weighted by atomic mass is 32.2. The second kappa shape index (κ2) is 8.70. The molecule has 2 aromatic rings. The van der Waals surface area contributed by atoms with E-state index in [0.29, 0.717) is 18.1 Å². The molecule has 1 heterocycles. The lowest BCUT2D eigenvalue weighted by Crippen LogP contribution is -2.44. The number of para-hydroxylation sites is 2. The standard InChI is InChI=1S/C19H20N2O5S/c22-19(13-21-27(23,24)11-10-15-6-2-1-3-7-15)20-12-16-14-25-17-8-4-5-9-18(17)26-16/h1-11,16,21H,12-14H2,(H,20,22). The van der Waals surface area contributed by atoms with Gasteiger partial charge < -0.3 is 14.8 Å². The van der Waals surface area contributed by atoms with Crippen molar-refractivity contribution in [3.63, 3.8) is 0 Å². The average molecular weight is 388 g/mol. The smallest absolute Gasteiger partial charge is 0.235 e. The zero-order valence-electron chi connectivity index (χ0n) is 14.5. The molecule has 7 nitrogen and oxygen atoms in total. The van der Waals surface area contributed by atoms with Gasteiger partial charge in [-0.1, -0.05) is 42.5 Å². The molecule has 0 saturated carbocycles. The summed E-state index contributed by atoms with van der Waals surface area (Å²) >= 11 is 0. The predicted octanol–water partition coefficient (Wildman–Crippen LogP) is 1.53. The number of nitrogens with one attached hydrogen (secondary N) is 2. The topological polar surface area (TPSA) is 93.7 Å². The molecule has 0 radical (unpaired) electrons. The van der Waals surface area contributed by atoms with Crippen molar-refractivity contribution in [2.45, 2.75) is 6.10 Å². The number of hydrogen-bond acceptors (Lipinski definition) is 5. The summed E-state index contributed by atoms with van der Waals surface area (Å²) in [6.07, 6.45) is 1.13. The Morgan fingerprint density at radius 2 is 1.78 bits per heavy atom. The lowest BCUT2D eigenvalue weighted by molar-refractivity contribution is -0.120. The highest BCUT2D eigenvalue weighted by molar-refractivity contribution is 7.92. The fourth-order valence-corrected chi connectivity index (χ4v) is 3.17. The predicted molar refractivity (Wildman–Crippen MR) is 102 cm³/mol. The summed E-state index contributed by atoms with van der Waals surface area (Å²) in [5.74, 6) is 0.835. The Morgan fingerprint density at radius 3 is 2.56 bits per heavy atom. The molecule has 1 unspecified atom stereocenters. The van der Waals surface area contributed by atoms with Crippen LogP contribution in [0.25, 0.3) is 6.08 Å². The van der Waals surface area contributed by atoms with Crippen molar-refractivity contribution in [2.24, 2.45) is 0 Å². The molecule has 1 aliphatic heterocycles. The van der Waals surface area contributed by atoms with Crippen LogP contribution in [0.4, 0.5) is 0 Å². The molecule has 27 heavy (non-hydrogen) atoms. The fraction of sp³-hybridized carbons (Fsp3) is 0.211. The van der Waals surface area contributed by atoms with Crippen molar-refractivity contribution < 1.29 is 22.7 Å². The van der Waals surface area contributed by atoms with Crippen molar-refractivity contribution in [1.29, 1.82) is 0 Å². The van der Waals surface area contributed by atoms with E-state index in [2.05, 4.69) is 10.0 Å². The Morgan fingerprint density at radius 1 is 1.07 bits per heavy atom. The molecule has 0 aliphatic carbocycles. The van der Waals surface area contributed by atoms with Crippen molar-refractivity contribution in [3.05, 3.63) is 65.6 Å². The van der Waals surface area contributed by atoms with Crippen molar-refractivity contribution >= 4 is 22.0 Å². The second-order valence-corrected chi connectivity index (χ2v) is 7.53. The van der Waals surface area contributed by atoms with Crippen LogP contribution in [0.3, 0.4) is 0 Å². The Hall–Kier alpha value is -2.84. The van der Waals surface area contributed by atoms with E-state index in [4.69, 9.17) is 9.47 Å². The third-order valence-corrected chi connectivity index (χ3v) is 4.81. The maximum absolute atomic E-state index is 11.9. The van der Waals surface area contributed by atoms with Gasteiger partial charge in [-0.25, -0.2) is 13.1 Å². The molecular formula is C19H20N2O5S. The van der Waals surface area contributed by atoms with E-state index in [9.17, 15) is 13.2 Å². The maximum atomic E-state index is 11.9. The maximum Gasteiger partial charge on any atom is 0.235 e. The van der Waals surface area contributed by atoms with E-state index >= 15 is 0 Å². The number of carbonyl (C=O) groups excluding carboxylic acids is 1. The molecule has 1 amide bonds. The van der Waals surface area contributed by atoms with Gasteiger partial charge in [0.2, 0.25) is 15.9 Å². The van der Waals surface area contributed by atoms with Gasteiger partial charge in [-0.3, -0.25) is 4.79 Å². The van der Waals surface area contributed by atoms with Crippen LogP contribution in [0.5, 0.6) is 11.5 Å². The molecule has 3 rings (SSSR count). The van der Waals surface area contributed by atoms with Gasteiger partial charge in [-0.15, -0.1) is 0 Å². The number of carbonyl (C=O) groups is 1. The Balaban J connectivity index is 1.42. The second-order valence-electron chi connectivity index (χ2n) is 5.88. The first-order valence-corrected chi connectivity index (χ1v) is 9.94. The molecule has 0 aromatic heterocycles. The SMILES string of the molecule is O=C(CNS(=O)(=O)C=Cc1ccccc1)NCC1COc2ccccc2O1. The van der Waals surface area contributed by atoms with Gasteiger partial charge in [0.05, 0.1) is 13.1 Å². The molecule has 8 heteroatoms. The number of rotatable bonds is 7. The monoisotopic (exact) mass is 388 g/mol. The van der Waals surface area contributed by atoms with Crippen LogP contribution in [-0.4, -0.2) is 40.1 Å². The number of sulfonamides is 1. The van der Waals surface area contributed by atoms with Gasteiger partial charge >= 0.3 is 0 Å². The van der Waals surface area contributed by atoms with E-state index in [1.54, 1.807) is 18.2 Å². The van der Waals surface area contributed by atoms with E-state index in [-0.39, 0.29) is 19.2 Å². The fourth-order valence-electron chi connectivity index (χ4n) is 2.40. The summed E-state index contributed by atoms with van der Waals surface area (Å²) in [6, 6.07) is 16.3. The molecule has 1 atom stereocenters. The summed E-state index contributed by atoms with van der Waals surface area (Å²) in [6.45, 7) is 0.170. The summed E-state index contributed by atoms with van der Waals surface area (Å²) in [7, 11) is -3.71. The molecule has 0 fully saturated rings. The molecule has 0 bridgehead atoms. The minimum Gasteiger partial charge on any atom is -0.486 e. The lowest BCUT2D eigenvalue weighted by Gasteiger charge is -2.26. The summed E-state index contributed by atoms with van der Waals surface area (Å²) in [4.78, 5) is 11.9. The van der Waals surface area contributed by atoms with Crippen molar-refractivity contribution in [2.75, 3.05) is 19.7 Å². The van der Waals surface area contributed by atoms with Gasteiger partial charge in [0, 0.05) is 5.41 Å². The normalized spacial score (nSPS) is 16.2. The molecule has 2 aromatic carbocycles. The van der Waals surface area contributed by atoms with Gasteiger partial charge in [-0.05, 0) is 23.8 Å². The number of amides is 1. The van der Waals surface area contributed by atoms with E-state index < -0.39 is 15.9 Å². The van der Waals surface area contributed by atoms with E-state index in [0.717, 1.165) is 11.0 Å². The van der Waals surface area contributed by atoms with Crippen LogP contribution in [0, 0.1) is 0 Å². The van der Waals surface area contributed by atoms with Crippen LogP contribution < -0.4 is 19.5 Å². The van der Waals surface area contributed by atoms with Gasteiger partial charge in [0.15, 0.2) is 11.5 Å². The van der Waals surface area contributed by atoms with Crippen LogP contribution >= 0.6 is 0 Å². The zero-order valence-corrected chi connectivity index (χ0v) is 15.3. The third kappa shape index (κ3) is 5.83. The minimum atomic E-state index is -3.71. The number of benzene rings is 2. The molecular weight excluding hydrogens is 368 g/mol. The molecule has 2 N–H and O–H groups in total. The largest absolute Gasteiger partial charge is 0.486 e. The first-order chi connectivity index (χ1) is 13.0. The first kappa shape index (κ1) is 18.9. The molecule has 0 saturated heterocycles. The van der Waals surface area contributed by atoms with Crippen LogP contribution in [0.15, 0.2) is 60.0 Å². The number of hydrogen-bond donors (Lipinski definition) is 2. The van der Waals surface area contributed by atoms with Crippen molar-refractivity contribution in [3.8, 4) is 11.5 Å². The zero-order chi connectivity index (χ0) is 19.1. The van der Waals surface area contributed by atoms with Gasteiger partial charge in [0.1, 0.15) is 12.7 Å². The third-order valence-electron chi connectivity index (χ3n) is 3.77. The Labute approximate surface area is 158 Å². The Kier molecular flexibility index (Phi) is 6.10. The quantitative estimate of drug-likeness (QED) is 0.750. The van der Waals surface area contributed by atoms with Gasteiger partial charge in [-0.2, -0.15) is 0 Å². The Bertz CT molecular complexity index is 913.